The number of hydrogen-bond acceptors (Lipinski definition) is 2. The highest BCUT2D eigenvalue weighted by Crippen LogP contribution is 2.20. The summed E-state index contributed by atoms with van der Waals surface area (Å²) in [5.41, 5.74) is 6.11. The normalized spacial score (nSPS) is 15.3. The van der Waals surface area contributed by atoms with Crippen molar-refractivity contribution in [2.24, 2.45) is 5.73 Å². The second-order valence-electron chi connectivity index (χ2n) is 3.17. The molecule has 3 heteroatoms. The zero-order chi connectivity index (χ0) is 8.20. The van der Waals surface area contributed by atoms with Crippen molar-refractivity contribution in [1.29, 1.82) is 0 Å². The van der Waals surface area contributed by atoms with Gasteiger partial charge in [-0.05, 0) is 32.1 Å². The van der Waals surface area contributed by atoms with Crippen LogP contribution in [0.25, 0.3) is 0 Å². The van der Waals surface area contributed by atoms with Crippen molar-refractivity contribution < 1.29 is 4.43 Å². The topological polar surface area (TPSA) is 35.2 Å². The quantitative estimate of drug-likeness (QED) is 0.635. The SMILES string of the molecule is CCO[Si](C)(C)[C@H](C)CN. The van der Waals surface area contributed by atoms with Gasteiger partial charge in [-0.1, -0.05) is 6.92 Å². The van der Waals surface area contributed by atoms with Gasteiger partial charge in [-0.25, -0.2) is 0 Å². The average Bonchev–Trinajstić information content (AvgIpc) is 1.86. The Morgan fingerprint density at radius 1 is 1.50 bits per heavy atom. The smallest absolute Gasteiger partial charge is 0.190 e. The molecule has 0 spiro atoms. The van der Waals surface area contributed by atoms with E-state index >= 15 is 0 Å². The molecule has 0 amide bonds. The third-order valence-electron chi connectivity index (χ3n) is 2.06. The Morgan fingerprint density at radius 2 is 2.00 bits per heavy atom. The molecule has 0 radical (unpaired) electrons. The lowest BCUT2D eigenvalue weighted by Crippen LogP contribution is -2.38. The lowest BCUT2D eigenvalue weighted by Gasteiger charge is -2.27. The van der Waals surface area contributed by atoms with Gasteiger partial charge in [-0.2, -0.15) is 0 Å². The molecule has 0 heterocycles. The monoisotopic (exact) mass is 161 g/mol. The van der Waals surface area contributed by atoms with Gasteiger partial charge in [-0.15, -0.1) is 0 Å². The number of rotatable bonds is 4. The Kier molecular flexibility index (Phi) is 4.16. The number of hydrogen-bond donors (Lipinski definition) is 1. The van der Waals surface area contributed by atoms with E-state index in [2.05, 4.69) is 20.0 Å². The molecule has 0 saturated carbocycles. The van der Waals surface area contributed by atoms with E-state index in [1.54, 1.807) is 0 Å². The predicted molar refractivity (Wildman–Crippen MR) is 47.6 cm³/mol. The molecule has 0 aromatic rings. The van der Waals surface area contributed by atoms with Gasteiger partial charge < -0.3 is 10.2 Å². The second kappa shape index (κ2) is 4.11. The Morgan fingerprint density at radius 3 is 2.30 bits per heavy atom. The van der Waals surface area contributed by atoms with Crippen LogP contribution in [0.4, 0.5) is 0 Å². The van der Waals surface area contributed by atoms with Crippen LogP contribution in [0.3, 0.4) is 0 Å². The van der Waals surface area contributed by atoms with Gasteiger partial charge in [0.25, 0.3) is 0 Å². The first-order chi connectivity index (χ1) is 4.54. The molecule has 0 aliphatic carbocycles. The number of nitrogens with two attached hydrogens (primary N) is 1. The van der Waals surface area contributed by atoms with Gasteiger partial charge in [0.2, 0.25) is 0 Å². The van der Waals surface area contributed by atoms with Crippen LogP contribution in [0, 0.1) is 0 Å². The van der Waals surface area contributed by atoms with Crippen molar-refractivity contribution in [2.75, 3.05) is 13.2 Å². The Hall–Kier alpha value is 0.137. The van der Waals surface area contributed by atoms with Crippen LogP contribution in [0.2, 0.25) is 18.6 Å². The van der Waals surface area contributed by atoms with Crippen molar-refractivity contribution >= 4 is 8.32 Å². The maximum Gasteiger partial charge on any atom is 0.190 e. The first-order valence-electron chi connectivity index (χ1n) is 3.88. The zero-order valence-corrected chi connectivity index (χ0v) is 8.48. The van der Waals surface area contributed by atoms with Crippen LogP contribution in [0.15, 0.2) is 0 Å². The highest BCUT2D eigenvalue weighted by atomic mass is 28.4. The van der Waals surface area contributed by atoms with E-state index in [0.717, 1.165) is 13.2 Å². The van der Waals surface area contributed by atoms with E-state index in [4.69, 9.17) is 10.2 Å². The van der Waals surface area contributed by atoms with E-state index in [1.807, 2.05) is 6.92 Å². The Labute approximate surface area is 64.9 Å². The third kappa shape index (κ3) is 2.81. The van der Waals surface area contributed by atoms with Gasteiger partial charge in [0.05, 0.1) is 0 Å². The van der Waals surface area contributed by atoms with Crippen molar-refractivity contribution in [2.45, 2.75) is 32.5 Å². The molecule has 1 atom stereocenters. The molecular formula is C7H19NOSi. The molecule has 0 fully saturated rings. The van der Waals surface area contributed by atoms with Crippen LogP contribution >= 0.6 is 0 Å². The molecule has 0 aromatic heterocycles. The van der Waals surface area contributed by atoms with Gasteiger partial charge in [0.15, 0.2) is 8.32 Å². The molecule has 2 nitrogen and oxygen atoms in total. The first-order valence-corrected chi connectivity index (χ1v) is 6.87. The van der Waals surface area contributed by atoms with E-state index in [-0.39, 0.29) is 0 Å². The minimum atomic E-state index is -1.43. The molecule has 0 aromatic carbocycles. The Bertz CT molecular complexity index is 95.6. The molecule has 0 aliphatic heterocycles. The van der Waals surface area contributed by atoms with Crippen LogP contribution in [0.5, 0.6) is 0 Å². The molecule has 10 heavy (non-hydrogen) atoms. The summed E-state index contributed by atoms with van der Waals surface area (Å²) in [6, 6.07) is 0. The fraction of sp³-hybridized carbons (Fsp3) is 1.00. The predicted octanol–water partition coefficient (Wildman–Crippen LogP) is 1.58. The molecule has 0 aliphatic rings. The van der Waals surface area contributed by atoms with Crippen molar-refractivity contribution in [3.8, 4) is 0 Å². The van der Waals surface area contributed by atoms with E-state index < -0.39 is 8.32 Å². The standard InChI is InChI=1S/C7H19NOSi/c1-5-9-10(3,4)7(2)6-8/h7H,5-6,8H2,1-4H3/t7-/m1/s1. The summed E-state index contributed by atoms with van der Waals surface area (Å²) in [6.07, 6.45) is 0. The summed E-state index contributed by atoms with van der Waals surface area (Å²) in [6.45, 7) is 10.2. The largest absolute Gasteiger partial charge is 0.417 e. The summed E-state index contributed by atoms with van der Waals surface area (Å²) in [5.74, 6) is 0. The minimum Gasteiger partial charge on any atom is -0.417 e. The maximum atomic E-state index is 5.64. The van der Waals surface area contributed by atoms with Crippen molar-refractivity contribution in [1.82, 2.24) is 0 Å². The van der Waals surface area contributed by atoms with Gasteiger partial charge in [-0.3, -0.25) is 0 Å². The fourth-order valence-corrected chi connectivity index (χ4v) is 2.39. The summed E-state index contributed by atoms with van der Waals surface area (Å²) in [5, 5.41) is 0. The zero-order valence-electron chi connectivity index (χ0n) is 7.48. The van der Waals surface area contributed by atoms with Crippen molar-refractivity contribution in [3.05, 3.63) is 0 Å². The lowest BCUT2D eigenvalue weighted by molar-refractivity contribution is 0.321. The third-order valence-corrected chi connectivity index (χ3v) is 5.70. The molecule has 0 bridgehead atoms. The van der Waals surface area contributed by atoms with Crippen LogP contribution < -0.4 is 5.73 Å². The molecule has 2 N–H and O–H groups in total. The van der Waals surface area contributed by atoms with E-state index in [1.165, 1.54) is 0 Å². The summed E-state index contributed by atoms with van der Waals surface area (Å²) in [7, 11) is -1.43. The minimum absolute atomic E-state index is 0.562. The highest BCUT2D eigenvalue weighted by Gasteiger charge is 2.28. The highest BCUT2D eigenvalue weighted by molar-refractivity contribution is 6.72. The maximum absolute atomic E-state index is 5.64. The fourth-order valence-electron chi connectivity index (χ4n) is 0.798. The molecule has 0 unspecified atom stereocenters. The summed E-state index contributed by atoms with van der Waals surface area (Å²) >= 11 is 0. The first kappa shape index (κ1) is 10.1. The summed E-state index contributed by atoms with van der Waals surface area (Å²) < 4.78 is 5.64. The second-order valence-corrected chi connectivity index (χ2v) is 7.65. The Balaban J connectivity index is 3.82. The van der Waals surface area contributed by atoms with Gasteiger partial charge in [0, 0.05) is 6.61 Å². The molecule has 0 rings (SSSR count). The van der Waals surface area contributed by atoms with Crippen LogP contribution in [-0.4, -0.2) is 21.5 Å². The van der Waals surface area contributed by atoms with Crippen LogP contribution in [0.1, 0.15) is 13.8 Å². The molecule has 0 saturated heterocycles. The lowest BCUT2D eigenvalue weighted by atomic mass is 10.5. The van der Waals surface area contributed by atoms with Crippen LogP contribution in [-0.2, 0) is 4.43 Å². The average molecular weight is 161 g/mol. The van der Waals surface area contributed by atoms with E-state index in [0.29, 0.717) is 5.54 Å². The molecular weight excluding hydrogens is 142 g/mol. The summed E-state index contributed by atoms with van der Waals surface area (Å²) in [4.78, 5) is 0. The molecule has 62 valence electrons. The van der Waals surface area contributed by atoms with Gasteiger partial charge >= 0.3 is 0 Å². The van der Waals surface area contributed by atoms with E-state index in [9.17, 15) is 0 Å². The van der Waals surface area contributed by atoms with Gasteiger partial charge in [0.1, 0.15) is 0 Å². The van der Waals surface area contributed by atoms with Crippen molar-refractivity contribution in [3.63, 3.8) is 0 Å².